The molecule has 0 aromatic carbocycles. The van der Waals surface area contributed by atoms with Gasteiger partial charge in [0.2, 0.25) is 0 Å². The molecule has 2 N–H and O–H groups in total. The molecule has 0 aliphatic rings. The molecule has 0 aliphatic carbocycles. The summed E-state index contributed by atoms with van der Waals surface area (Å²) >= 11 is 0. The van der Waals surface area contributed by atoms with Crippen molar-refractivity contribution in [3.8, 4) is 0 Å². The maximum Gasteiger partial charge on any atom is 0.105 e. The molecule has 0 saturated heterocycles. The van der Waals surface area contributed by atoms with E-state index in [4.69, 9.17) is 9.52 Å². The molecule has 0 amide bonds. The first kappa shape index (κ1) is 10.3. The quantitative estimate of drug-likeness (QED) is 0.649. The highest BCUT2D eigenvalue weighted by molar-refractivity contribution is 5.05. The molecule has 3 heteroatoms. The summed E-state index contributed by atoms with van der Waals surface area (Å²) in [5.41, 5.74) is 0. The van der Waals surface area contributed by atoms with Crippen LogP contribution in [0.15, 0.2) is 16.5 Å². The summed E-state index contributed by atoms with van der Waals surface area (Å²) in [5.74, 6) is 1.99. The molecular formula is C10H17NO2. The van der Waals surface area contributed by atoms with Crippen LogP contribution in [0.3, 0.4) is 0 Å². The van der Waals surface area contributed by atoms with Gasteiger partial charge in [0.25, 0.3) is 0 Å². The first-order chi connectivity index (χ1) is 6.33. The van der Waals surface area contributed by atoms with E-state index in [1.807, 2.05) is 19.1 Å². The zero-order valence-electron chi connectivity index (χ0n) is 8.05. The minimum atomic E-state index is 0.257. The largest absolute Gasteiger partial charge is 0.466 e. The van der Waals surface area contributed by atoms with Crippen molar-refractivity contribution in [3.63, 3.8) is 0 Å². The van der Waals surface area contributed by atoms with Crippen LogP contribution in [0.5, 0.6) is 0 Å². The van der Waals surface area contributed by atoms with Gasteiger partial charge >= 0.3 is 0 Å². The van der Waals surface area contributed by atoms with E-state index in [-0.39, 0.29) is 6.61 Å². The number of aliphatic hydroxyl groups is 1. The molecule has 0 spiro atoms. The summed E-state index contributed by atoms with van der Waals surface area (Å²) in [4.78, 5) is 0. The van der Waals surface area contributed by atoms with Gasteiger partial charge in [-0.2, -0.15) is 0 Å². The summed E-state index contributed by atoms with van der Waals surface area (Å²) in [6, 6.07) is 3.98. The van der Waals surface area contributed by atoms with Gasteiger partial charge in [0, 0.05) is 19.6 Å². The molecule has 0 saturated carbocycles. The third-order valence-electron chi connectivity index (χ3n) is 1.86. The van der Waals surface area contributed by atoms with Crippen molar-refractivity contribution >= 4 is 0 Å². The van der Waals surface area contributed by atoms with E-state index in [1.165, 1.54) is 0 Å². The van der Waals surface area contributed by atoms with Gasteiger partial charge in [0.1, 0.15) is 11.5 Å². The highest BCUT2D eigenvalue weighted by Gasteiger charge is 1.96. The van der Waals surface area contributed by atoms with Crippen molar-refractivity contribution in [2.75, 3.05) is 19.7 Å². The van der Waals surface area contributed by atoms with Crippen LogP contribution in [-0.2, 0) is 6.42 Å². The van der Waals surface area contributed by atoms with Crippen LogP contribution in [0.25, 0.3) is 0 Å². The van der Waals surface area contributed by atoms with Gasteiger partial charge in [0.15, 0.2) is 0 Å². The molecular weight excluding hydrogens is 166 g/mol. The van der Waals surface area contributed by atoms with E-state index in [0.29, 0.717) is 0 Å². The van der Waals surface area contributed by atoms with Crippen LogP contribution in [0.1, 0.15) is 17.9 Å². The second-order valence-corrected chi connectivity index (χ2v) is 3.09. The Balaban J connectivity index is 2.06. The molecule has 3 nitrogen and oxygen atoms in total. The number of aliphatic hydroxyl groups excluding tert-OH is 1. The summed E-state index contributed by atoms with van der Waals surface area (Å²) in [7, 11) is 0. The van der Waals surface area contributed by atoms with Crippen LogP contribution in [-0.4, -0.2) is 24.8 Å². The van der Waals surface area contributed by atoms with Crippen LogP contribution < -0.4 is 5.32 Å². The molecule has 0 radical (unpaired) electrons. The van der Waals surface area contributed by atoms with Crippen LogP contribution >= 0.6 is 0 Å². The average molecular weight is 183 g/mol. The van der Waals surface area contributed by atoms with Gasteiger partial charge in [-0.05, 0) is 32.0 Å². The minimum absolute atomic E-state index is 0.257. The Bertz CT molecular complexity index is 233. The monoisotopic (exact) mass is 183 g/mol. The van der Waals surface area contributed by atoms with Crippen molar-refractivity contribution in [1.82, 2.24) is 5.32 Å². The van der Waals surface area contributed by atoms with Crippen molar-refractivity contribution in [2.45, 2.75) is 19.8 Å². The van der Waals surface area contributed by atoms with Crippen molar-refractivity contribution in [1.29, 1.82) is 0 Å². The van der Waals surface area contributed by atoms with E-state index < -0.39 is 0 Å². The summed E-state index contributed by atoms with van der Waals surface area (Å²) in [5, 5.41) is 11.8. The molecule has 1 heterocycles. The zero-order valence-corrected chi connectivity index (χ0v) is 8.05. The van der Waals surface area contributed by atoms with Gasteiger partial charge in [0.05, 0.1) is 0 Å². The number of nitrogens with one attached hydrogen (secondary N) is 1. The van der Waals surface area contributed by atoms with Gasteiger partial charge in [-0.3, -0.25) is 0 Å². The fraction of sp³-hybridized carbons (Fsp3) is 0.600. The normalized spacial score (nSPS) is 10.6. The van der Waals surface area contributed by atoms with Crippen molar-refractivity contribution < 1.29 is 9.52 Å². The fourth-order valence-electron chi connectivity index (χ4n) is 1.16. The summed E-state index contributed by atoms with van der Waals surface area (Å²) in [6.45, 7) is 3.98. The first-order valence-electron chi connectivity index (χ1n) is 4.70. The van der Waals surface area contributed by atoms with Crippen molar-refractivity contribution in [3.05, 3.63) is 23.7 Å². The topological polar surface area (TPSA) is 45.4 Å². The molecule has 1 aromatic rings. The highest BCUT2D eigenvalue weighted by Crippen LogP contribution is 2.05. The molecule has 1 rings (SSSR count). The Morgan fingerprint density at radius 2 is 2.23 bits per heavy atom. The summed E-state index contributed by atoms with van der Waals surface area (Å²) < 4.78 is 5.40. The predicted molar refractivity (Wildman–Crippen MR) is 51.7 cm³/mol. The molecule has 0 bridgehead atoms. The Morgan fingerprint density at radius 3 is 2.85 bits per heavy atom. The lowest BCUT2D eigenvalue weighted by Crippen LogP contribution is -2.19. The van der Waals surface area contributed by atoms with Gasteiger partial charge < -0.3 is 14.8 Å². The average Bonchev–Trinajstić information content (AvgIpc) is 2.51. The van der Waals surface area contributed by atoms with E-state index in [9.17, 15) is 0 Å². The van der Waals surface area contributed by atoms with Crippen LogP contribution in [0.2, 0.25) is 0 Å². The smallest absolute Gasteiger partial charge is 0.105 e. The number of rotatable bonds is 6. The van der Waals surface area contributed by atoms with E-state index >= 15 is 0 Å². The number of hydrogen-bond acceptors (Lipinski definition) is 3. The standard InChI is InChI=1S/C10H17NO2/c1-9-3-4-10(13-9)5-7-11-6-2-8-12/h3-4,11-12H,2,5-8H2,1H3. The Hall–Kier alpha value is -0.800. The van der Waals surface area contributed by atoms with Crippen LogP contribution in [0, 0.1) is 6.92 Å². The van der Waals surface area contributed by atoms with E-state index in [1.54, 1.807) is 0 Å². The lowest BCUT2D eigenvalue weighted by atomic mass is 10.3. The Labute approximate surface area is 78.8 Å². The van der Waals surface area contributed by atoms with Gasteiger partial charge in [-0.1, -0.05) is 0 Å². The molecule has 0 unspecified atom stereocenters. The molecule has 1 aromatic heterocycles. The Morgan fingerprint density at radius 1 is 1.38 bits per heavy atom. The maximum absolute atomic E-state index is 8.53. The second kappa shape index (κ2) is 5.78. The molecule has 0 aliphatic heterocycles. The predicted octanol–water partition coefficient (Wildman–Crippen LogP) is 1.10. The lowest BCUT2D eigenvalue weighted by Gasteiger charge is -2.00. The first-order valence-corrected chi connectivity index (χ1v) is 4.70. The second-order valence-electron chi connectivity index (χ2n) is 3.09. The maximum atomic E-state index is 8.53. The van der Waals surface area contributed by atoms with E-state index in [0.717, 1.165) is 37.5 Å². The number of aryl methyl sites for hydroxylation is 1. The highest BCUT2D eigenvalue weighted by atomic mass is 16.3. The third-order valence-corrected chi connectivity index (χ3v) is 1.86. The lowest BCUT2D eigenvalue weighted by molar-refractivity contribution is 0.286. The third kappa shape index (κ3) is 4.10. The zero-order chi connectivity index (χ0) is 9.52. The van der Waals surface area contributed by atoms with Gasteiger partial charge in [-0.15, -0.1) is 0 Å². The Kier molecular flexibility index (Phi) is 4.57. The summed E-state index contributed by atoms with van der Waals surface area (Å²) in [6.07, 6.45) is 1.73. The SMILES string of the molecule is Cc1ccc(CCNCCCO)o1. The van der Waals surface area contributed by atoms with Gasteiger partial charge in [-0.25, -0.2) is 0 Å². The number of hydrogen-bond donors (Lipinski definition) is 2. The van der Waals surface area contributed by atoms with E-state index in [2.05, 4.69) is 5.32 Å². The fourth-order valence-corrected chi connectivity index (χ4v) is 1.16. The molecule has 13 heavy (non-hydrogen) atoms. The van der Waals surface area contributed by atoms with Crippen molar-refractivity contribution in [2.24, 2.45) is 0 Å². The number of furan rings is 1. The molecule has 74 valence electrons. The molecule has 0 atom stereocenters. The minimum Gasteiger partial charge on any atom is -0.466 e. The molecule has 0 fully saturated rings. The van der Waals surface area contributed by atoms with Crippen LogP contribution in [0.4, 0.5) is 0 Å².